The molecule has 1 atom stereocenters. The second kappa shape index (κ2) is 5.85. The molecular formula is C7H10N2O4. The first-order valence-electron chi connectivity index (χ1n) is 3.43. The minimum Gasteiger partial charge on any atom is -0.480 e. The summed E-state index contributed by atoms with van der Waals surface area (Å²) in [7, 11) is 0. The molecule has 0 aliphatic heterocycles. The van der Waals surface area contributed by atoms with Crippen molar-refractivity contribution in [1.82, 2.24) is 10.6 Å². The Labute approximate surface area is 74.9 Å². The molecule has 72 valence electrons. The molecule has 6 nitrogen and oxygen atoms in total. The molecule has 0 heterocycles. The van der Waals surface area contributed by atoms with Gasteiger partial charge < -0.3 is 20.8 Å². The summed E-state index contributed by atoms with van der Waals surface area (Å²) in [4.78, 5) is 21.1. The third-order valence-corrected chi connectivity index (χ3v) is 1.14. The average molecular weight is 186 g/mol. The van der Waals surface area contributed by atoms with E-state index in [-0.39, 0.29) is 6.54 Å². The fourth-order valence-electron chi connectivity index (χ4n) is 0.526. The lowest BCUT2D eigenvalue weighted by atomic mass is 10.3. The maximum atomic E-state index is 10.8. The van der Waals surface area contributed by atoms with E-state index in [1.165, 1.54) is 0 Å². The summed E-state index contributed by atoms with van der Waals surface area (Å²) >= 11 is 0. The normalized spacial score (nSPS) is 11.1. The van der Waals surface area contributed by atoms with Crippen LogP contribution in [0.5, 0.6) is 0 Å². The lowest BCUT2D eigenvalue weighted by Gasteiger charge is -2.11. The van der Waals surface area contributed by atoms with E-state index in [1.807, 2.05) is 5.32 Å². The van der Waals surface area contributed by atoms with Crippen molar-refractivity contribution in [2.75, 3.05) is 13.2 Å². The summed E-state index contributed by atoms with van der Waals surface area (Å²) in [6.45, 7) is -0.664. The summed E-state index contributed by atoms with van der Waals surface area (Å²) in [6.07, 6.45) is 4.84. The highest BCUT2D eigenvalue weighted by molar-refractivity contribution is 5.82. The SMILES string of the molecule is C#CCNC(=O)NC(CO)C(=O)O. The number of urea groups is 1. The van der Waals surface area contributed by atoms with Gasteiger partial charge in [-0.15, -0.1) is 6.42 Å². The average Bonchev–Trinajstić information content (AvgIpc) is 2.10. The number of carboxylic acids is 1. The van der Waals surface area contributed by atoms with Gasteiger partial charge in [-0.05, 0) is 0 Å². The highest BCUT2D eigenvalue weighted by Crippen LogP contribution is 1.81. The van der Waals surface area contributed by atoms with E-state index < -0.39 is 24.6 Å². The topological polar surface area (TPSA) is 98.7 Å². The van der Waals surface area contributed by atoms with Gasteiger partial charge in [0.25, 0.3) is 0 Å². The number of hydrogen-bond acceptors (Lipinski definition) is 3. The molecule has 4 N–H and O–H groups in total. The van der Waals surface area contributed by atoms with E-state index in [0.29, 0.717) is 0 Å². The lowest BCUT2D eigenvalue weighted by Crippen LogP contribution is -2.47. The van der Waals surface area contributed by atoms with Crippen molar-refractivity contribution >= 4 is 12.0 Å². The summed E-state index contributed by atoms with van der Waals surface area (Å²) in [5.74, 6) is 0.830. The molecule has 1 unspecified atom stereocenters. The van der Waals surface area contributed by atoms with E-state index in [0.717, 1.165) is 0 Å². The summed E-state index contributed by atoms with van der Waals surface area (Å²) in [5.41, 5.74) is 0. The van der Waals surface area contributed by atoms with Crippen molar-refractivity contribution in [1.29, 1.82) is 0 Å². The van der Waals surface area contributed by atoms with Gasteiger partial charge in [0.05, 0.1) is 13.2 Å². The van der Waals surface area contributed by atoms with E-state index >= 15 is 0 Å². The van der Waals surface area contributed by atoms with Crippen molar-refractivity contribution < 1.29 is 19.8 Å². The molecule has 2 amide bonds. The molecule has 0 rings (SSSR count). The molecule has 0 fully saturated rings. The number of amides is 2. The van der Waals surface area contributed by atoms with Crippen LogP contribution in [-0.2, 0) is 4.79 Å². The van der Waals surface area contributed by atoms with Crippen LogP contribution in [-0.4, -0.2) is 41.4 Å². The molecular weight excluding hydrogens is 176 g/mol. The fraction of sp³-hybridized carbons (Fsp3) is 0.429. The molecule has 0 radical (unpaired) electrons. The number of aliphatic hydroxyl groups excluding tert-OH is 1. The third-order valence-electron chi connectivity index (χ3n) is 1.14. The number of aliphatic hydroxyl groups is 1. The number of aliphatic carboxylic acids is 1. The molecule has 0 saturated carbocycles. The molecule has 6 heteroatoms. The Balaban J connectivity index is 3.88. The predicted octanol–water partition coefficient (Wildman–Crippen LogP) is -1.64. The van der Waals surface area contributed by atoms with Crippen LogP contribution in [0.4, 0.5) is 4.79 Å². The first-order valence-corrected chi connectivity index (χ1v) is 3.43. The molecule has 0 aromatic carbocycles. The molecule has 0 aromatic heterocycles. The van der Waals surface area contributed by atoms with Crippen LogP contribution in [0.2, 0.25) is 0 Å². The third kappa shape index (κ3) is 4.66. The van der Waals surface area contributed by atoms with Crippen LogP contribution in [0, 0.1) is 12.3 Å². The van der Waals surface area contributed by atoms with Gasteiger partial charge in [-0.25, -0.2) is 9.59 Å². The van der Waals surface area contributed by atoms with Crippen molar-refractivity contribution in [3.63, 3.8) is 0 Å². The van der Waals surface area contributed by atoms with Crippen LogP contribution in [0.15, 0.2) is 0 Å². The van der Waals surface area contributed by atoms with Crippen molar-refractivity contribution in [3.05, 3.63) is 0 Å². The van der Waals surface area contributed by atoms with Gasteiger partial charge in [0, 0.05) is 0 Å². The maximum Gasteiger partial charge on any atom is 0.328 e. The van der Waals surface area contributed by atoms with Gasteiger partial charge in [-0.2, -0.15) is 0 Å². The smallest absolute Gasteiger partial charge is 0.328 e. The van der Waals surface area contributed by atoms with Crippen molar-refractivity contribution in [2.24, 2.45) is 0 Å². The fourth-order valence-corrected chi connectivity index (χ4v) is 0.526. The monoisotopic (exact) mass is 186 g/mol. The van der Waals surface area contributed by atoms with E-state index in [9.17, 15) is 9.59 Å². The molecule has 0 spiro atoms. The minimum absolute atomic E-state index is 0.00357. The largest absolute Gasteiger partial charge is 0.480 e. The van der Waals surface area contributed by atoms with Gasteiger partial charge in [0.2, 0.25) is 0 Å². The molecule has 0 aliphatic rings. The van der Waals surface area contributed by atoms with Crippen LogP contribution in [0.1, 0.15) is 0 Å². The Hall–Kier alpha value is -1.74. The van der Waals surface area contributed by atoms with Crippen LogP contribution in [0.25, 0.3) is 0 Å². The summed E-state index contributed by atoms with van der Waals surface area (Å²) in [5, 5.41) is 21.1. The van der Waals surface area contributed by atoms with Crippen LogP contribution >= 0.6 is 0 Å². The molecule has 0 aliphatic carbocycles. The zero-order valence-electron chi connectivity index (χ0n) is 6.78. The van der Waals surface area contributed by atoms with Gasteiger partial charge in [-0.3, -0.25) is 0 Å². The molecule has 0 bridgehead atoms. The maximum absolute atomic E-state index is 10.8. The Morgan fingerprint density at radius 1 is 1.54 bits per heavy atom. The number of rotatable bonds is 4. The number of nitrogens with one attached hydrogen (secondary N) is 2. The van der Waals surface area contributed by atoms with Gasteiger partial charge in [0.1, 0.15) is 0 Å². The zero-order valence-corrected chi connectivity index (χ0v) is 6.78. The van der Waals surface area contributed by atoms with Crippen LogP contribution < -0.4 is 10.6 Å². The zero-order chi connectivity index (χ0) is 10.3. The van der Waals surface area contributed by atoms with E-state index in [4.69, 9.17) is 16.6 Å². The Morgan fingerprint density at radius 2 is 2.15 bits per heavy atom. The quantitative estimate of drug-likeness (QED) is 0.396. The number of terminal acetylenes is 1. The highest BCUT2D eigenvalue weighted by atomic mass is 16.4. The Kier molecular flexibility index (Phi) is 5.07. The molecule has 13 heavy (non-hydrogen) atoms. The number of carboxylic acid groups (broad SMARTS) is 1. The van der Waals surface area contributed by atoms with Gasteiger partial charge in [-0.1, -0.05) is 5.92 Å². The standard InChI is InChI=1S/C7H10N2O4/c1-2-3-8-7(13)9-5(4-10)6(11)12/h1,5,10H,3-4H2,(H,11,12)(H2,8,9,13). The second-order valence-corrected chi connectivity index (χ2v) is 2.10. The van der Waals surface area contributed by atoms with E-state index in [2.05, 4.69) is 11.2 Å². The first-order chi connectivity index (χ1) is 6.11. The first kappa shape index (κ1) is 11.3. The summed E-state index contributed by atoms with van der Waals surface area (Å²) < 4.78 is 0. The molecule has 0 saturated heterocycles. The van der Waals surface area contributed by atoms with E-state index in [1.54, 1.807) is 0 Å². The number of carbonyl (C=O) groups is 2. The van der Waals surface area contributed by atoms with Crippen molar-refractivity contribution in [2.45, 2.75) is 6.04 Å². The lowest BCUT2D eigenvalue weighted by molar-refractivity contribution is -0.140. The molecule has 0 aromatic rings. The number of carbonyl (C=O) groups excluding carboxylic acids is 1. The minimum atomic E-state index is -1.31. The summed E-state index contributed by atoms with van der Waals surface area (Å²) in [6, 6.07) is -2.03. The second-order valence-electron chi connectivity index (χ2n) is 2.10. The Morgan fingerprint density at radius 3 is 2.54 bits per heavy atom. The van der Waals surface area contributed by atoms with Crippen LogP contribution in [0.3, 0.4) is 0 Å². The highest BCUT2D eigenvalue weighted by Gasteiger charge is 2.17. The van der Waals surface area contributed by atoms with Crippen molar-refractivity contribution in [3.8, 4) is 12.3 Å². The number of hydrogen-bond donors (Lipinski definition) is 4. The van der Waals surface area contributed by atoms with Gasteiger partial charge in [0.15, 0.2) is 6.04 Å². The predicted molar refractivity (Wildman–Crippen MR) is 43.9 cm³/mol. The van der Waals surface area contributed by atoms with Gasteiger partial charge >= 0.3 is 12.0 Å². The Bertz CT molecular complexity index is 233.